The average molecular weight is 573 g/mol. The lowest BCUT2D eigenvalue weighted by Gasteiger charge is -2.15. The molecule has 0 bridgehead atoms. The van der Waals surface area contributed by atoms with Crippen molar-refractivity contribution in [1.82, 2.24) is 24.8 Å². The van der Waals surface area contributed by atoms with Crippen LogP contribution in [0.2, 0.25) is 5.15 Å². The molecule has 200 valence electrons. The Morgan fingerprint density at radius 3 is 2.62 bits per heavy atom. The molecule has 0 spiro atoms. The summed E-state index contributed by atoms with van der Waals surface area (Å²) in [4.78, 5) is 45.0. The predicted molar refractivity (Wildman–Crippen MR) is 138 cm³/mol. The lowest BCUT2D eigenvalue weighted by Crippen LogP contribution is -2.25. The number of nitrogens with one attached hydrogen (secondary N) is 1. The van der Waals surface area contributed by atoms with Crippen molar-refractivity contribution in [2.75, 3.05) is 12.4 Å². The van der Waals surface area contributed by atoms with E-state index in [1.54, 1.807) is 24.0 Å². The number of thiazole rings is 1. The van der Waals surface area contributed by atoms with E-state index in [1.807, 2.05) is 0 Å². The van der Waals surface area contributed by atoms with Crippen LogP contribution in [0.1, 0.15) is 37.0 Å². The Morgan fingerprint density at radius 1 is 1.10 bits per heavy atom. The van der Waals surface area contributed by atoms with E-state index < -0.39 is 12.5 Å². The Kier molecular flexibility index (Phi) is 7.35. The number of rotatable bonds is 7. The molecule has 1 aliphatic rings. The summed E-state index contributed by atoms with van der Waals surface area (Å²) in [6.45, 7) is -0.693. The molecule has 0 saturated carbocycles. The van der Waals surface area contributed by atoms with Crippen LogP contribution in [0.3, 0.4) is 0 Å². The zero-order valence-corrected chi connectivity index (χ0v) is 22.0. The molecule has 0 radical (unpaired) electrons. The number of hydrogen-bond donors (Lipinski definition) is 1. The first-order valence-electron chi connectivity index (χ1n) is 11.4. The molecule has 0 unspecified atom stereocenters. The molecular formula is C25H19ClF2N6O4S. The number of nitrogens with zero attached hydrogens (tertiary/aromatic N) is 5. The van der Waals surface area contributed by atoms with Crippen LogP contribution in [0.25, 0.3) is 11.1 Å². The SMILES string of the molecule is COc1cnc(Cl)cc1-c1cc(C)ncc1C(=O)Nc1nc2c(s1)CN(C(=O)c1ccc(OC(F)F)nc1)C2. The Labute approximate surface area is 229 Å². The number of fused-ring (bicyclic) bond motifs is 1. The van der Waals surface area contributed by atoms with E-state index in [-0.39, 0.29) is 35.6 Å². The average Bonchev–Trinajstić information content (AvgIpc) is 3.47. The van der Waals surface area contributed by atoms with E-state index in [0.717, 1.165) is 4.88 Å². The summed E-state index contributed by atoms with van der Waals surface area (Å²) in [7, 11) is 1.50. The van der Waals surface area contributed by atoms with Gasteiger partial charge in [-0.15, -0.1) is 0 Å². The minimum atomic E-state index is -3.00. The maximum atomic E-state index is 13.3. The number of aromatic nitrogens is 4. The number of carbonyl (C=O) groups excluding carboxylic acids is 2. The topological polar surface area (TPSA) is 119 Å². The number of methoxy groups -OCH3 is 1. The van der Waals surface area contributed by atoms with Crippen LogP contribution in [0, 0.1) is 6.92 Å². The highest BCUT2D eigenvalue weighted by Gasteiger charge is 2.29. The summed E-state index contributed by atoms with van der Waals surface area (Å²) in [5.41, 5.74) is 3.03. The fraction of sp³-hybridized carbons (Fsp3) is 0.200. The van der Waals surface area contributed by atoms with Crippen LogP contribution in [-0.2, 0) is 13.1 Å². The third-order valence-electron chi connectivity index (χ3n) is 5.78. The van der Waals surface area contributed by atoms with Gasteiger partial charge in [-0.2, -0.15) is 8.78 Å². The molecule has 1 aliphatic heterocycles. The summed E-state index contributed by atoms with van der Waals surface area (Å²) in [5, 5.41) is 3.44. The van der Waals surface area contributed by atoms with Crippen molar-refractivity contribution in [3.8, 4) is 22.8 Å². The van der Waals surface area contributed by atoms with E-state index in [1.165, 1.54) is 49.2 Å². The van der Waals surface area contributed by atoms with Gasteiger partial charge in [0.05, 0.1) is 48.1 Å². The molecule has 0 atom stereocenters. The van der Waals surface area contributed by atoms with Crippen molar-refractivity contribution in [3.05, 3.63) is 75.4 Å². The highest BCUT2D eigenvalue weighted by molar-refractivity contribution is 7.16. The van der Waals surface area contributed by atoms with Gasteiger partial charge in [-0.05, 0) is 25.1 Å². The highest BCUT2D eigenvalue weighted by atomic mass is 35.5. The normalized spacial score (nSPS) is 12.4. The largest absolute Gasteiger partial charge is 0.494 e. The number of ether oxygens (including phenoxy) is 2. The summed E-state index contributed by atoms with van der Waals surface area (Å²) in [6.07, 6.45) is 4.14. The molecule has 39 heavy (non-hydrogen) atoms. The minimum absolute atomic E-state index is 0.222. The Hall–Kier alpha value is -4.23. The van der Waals surface area contributed by atoms with E-state index in [2.05, 4.69) is 30.0 Å². The van der Waals surface area contributed by atoms with Crippen molar-refractivity contribution >= 4 is 39.9 Å². The smallest absolute Gasteiger partial charge is 0.388 e. The molecule has 5 heterocycles. The molecule has 10 nitrogen and oxygen atoms in total. The summed E-state index contributed by atoms with van der Waals surface area (Å²) >= 11 is 7.36. The van der Waals surface area contributed by atoms with Crippen molar-refractivity contribution in [1.29, 1.82) is 0 Å². The van der Waals surface area contributed by atoms with E-state index >= 15 is 0 Å². The lowest BCUT2D eigenvalue weighted by molar-refractivity contribution is -0.0528. The zero-order valence-electron chi connectivity index (χ0n) is 20.4. The Morgan fingerprint density at radius 2 is 1.92 bits per heavy atom. The van der Waals surface area contributed by atoms with Gasteiger partial charge in [0, 0.05) is 35.3 Å². The molecule has 0 aromatic carbocycles. The van der Waals surface area contributed by atoms with Crippen LogP contribution in [0.4, 0.5) is 13.9 Å². The fourth-order valence-electron chi connectivity index (χ4n) is 4.01. The summed E-state index contributed by atoms with van der Waals surface area (Å²) in [5.74, 6) is -0.586. The standard InChI is InChI=1S/C25H19ClF2N6O4S/c1-12-5-14(15-6-20(26)30-9-18(15)37-2)16(8-29-12)22(35)33-25-32-17-10-34(11-19(17)39-25)23(36)13-3-4-21(31-7-13)38-24(27)28/h3-9,24H,10-11H2,1-2H3,(H,32,33,35). The van der Waals surface area contributed by atoms with Gasteiger partial charge in [-0.25, -0.2) is 15.0 Å². The van der Waals surface area contributed by atoms with Gasteiger partial charge in [0.2, 0.25) is 5.88 Å². The number of carbonyl (C=O) groups is 2. The lowest BCUT2D eigenvalue weighted by atomic mass is 10.0. The third kappa shape index (κ3) is 5.64. The van der Waals surface area contributed by atoms with E-state index in [4.69, 9.17) is 16.3 Å². The van der Waals surface area contributed by atoms with Gasteiger partial charge in [-0.3, -0.25) is 19.9 Å². The highest BCUT2D eigenvalue weighted by Crippen LogP contribution is 2.35. The number of amides is 2. The van der Waals surface area contributed by atoms with Crippen molar-refractivity contribution in [3.63, 3.8) is 0 Å². The molecule has 14 heteroatoms. The number of pyridine rings is 3. The predicted octanol–water partition coefficient (Wildman–Crippen LogP) is 4.98. The van der Waals surface area contributed by atoms with Crippen LogP contribution < -0.4 is 14.8 Å². The fourth-order valence-corrected chi connectivity index (χ4v) is 5.15. The molecule has 0 saturated heterocycles. The van der Waals surface area contributed by atoms with E-state index in [9.17, 15) is 18.4 Å². The summed E-state index contributed by atoms with van der Waals surface area (Å²) < 4.78 is 34.3. The summed E-state index contributed by atoms with van der Waals surface area (Å²) in [6, 6.07) is 5.96. The molecule has 4 aromatic heterocycles. The minimum Gasteiger partial charge on any atom is -0.494 e. The van der Waals surface area contributed by atoms with Crippen molar-refractivity contribution < 1.29 is 27.8 Å². The maximum absolute atomic E-state index is 13.3. The van der Waals surface area contributed by atoms with Crippen LogP contribution >= 0.6 is 22.9 Å². The van der Waals surface area contributed by atoms with Gasteiger partial charge >= 0.3 is 6.61 Å². The van der Waals surface area contributed by atoms with Gasteiger partial charge in [0.25, 0.3) is 11.8 Å². The molecule has 0 fully saturated rings. The third-order valence-corrected chi connectivity index (χ3v) is 6.99. The van der Waals surface area contributed by atoms with E-state index in [0.29, 0.717) is 39.0 Å². The second kappa shape index (κ2) is 10.9. The van der Waals surface area contributed by atoms with Crippen LogP contribution in [-0.4, -0.2) is 50.4 Å². The molecule has 2 amide bonds. The number of halogens is 3. The number of anilines is 1. The molecule has 1 N–H and O–H groups in total. The van der Waals surface area contributed by atoms with Crippen molar-refractivity contribution in [2.24, 2.45) is 0 Å². The number of hydrogen-bond acceptors (Lipinski definition) is 9. The second-order valence-corrected chi connectivity index (χ2v) is 9.82. The number of alkyl halides is 2. The quantitative estimate of drug-likeness (QED) is 0.308. The van der Waals surface area contributed by atoms with Gasteiger partial charge in [-0.1, -0.05) is 22.9 Å². The van der Waals surface area contributed by atoms with Gasteiger partial charge in [0.1, 0.15) is 10.9 Å². The van der Waals surface area contributed by atoms with Crippen LogP contribution in [0.5, 0.6) is 11.6 Å². The first-order chi connectivity index (χ1) is 18.7. The molecular weight excluding hydrogens is 554 g/mol. The van der Waals surface area contributed by atoms with Crippen molar-refractivity contribution in [2.45, 2.75) is 26.6 Å². The zero-order chi connectivity index (χ0) is 27.7. The first kappa shape index (κ1) is 26.4. The van der Waals surface area contributed by atoms with Gasteiger partial charge < -0.3 is 14.4 Å². The molecule has 5 rings (SSSR count). The first-order valence-corrected chi connectivity index (χ1v) is 12.6. The number of aryl methyl sites for hydroxylation is 1. The second-order valence-electron chi connectivity index (χ2n) is 8.35. The monoisotopic (exact) mass is 572 g/mol. The molecule has 4 aromatic rings. The van der Waals surface area contributed by atoms with Gasteiger partial charge in [0.15, 0.2) is 5.13 Å². The Bertz CT molecular complexity index is 1540. The maximum Gasteiger partial charge on any atom is 0.388 e. The van der Waals surface area contributed by atoms with Crippen LogP contribution in [0.15, 0.2) is 42.9 Å². The Balaban J connectivity index is 1.30. The molecule has 0 aliphatic carbocycles.